The fraction of sp³-hybridized carbons (Fsp3) is 0.0625. The van der Waals surface area contributed by atoms with Gasteiger partial charge in [0.25, 0.3) is 0 Å². The van der Waals surface area contributed by atoms with Gasteiger partial charge in [-0.3, -0.25) is 0 Å². The second kappa shape index (κ2) is 6.41. The molecule has 2 heterocycles. The molecule has 0 N–H and O–H groups in total. The Morgan fingerprint density at radius 3 is 2.19 bits per heavy atom. The van der Waals surface area contributed by atoms with Crippen LogP contribution in [0.1, 0.15) is 0 Å². The predicted molar refractivity (Wildman–Crippen MR) is 94.8 cm³/mol. The number of halogens is 2. The van der Waals surface area contributed by atoms with E-state index in [1.54, 1.807) is 29.2 Å². The zero-order valence-corrected chi connectivity index (χ0v) is 14.3. The largest absolute Gasteiger partial charge is 0.248 e. The monoisotopic (exact) mass is 351 g/mol. The van der Waals surface area contributed by atoms with Gasteiger partial charge in [0, 0.05) is 31.4 Å². The second-order valence-electron chi connectivity index (χ2n) is 4.45. The van der Waals surface area contributed by atoms with Crippen LogP contribution in [-0.2, 0) is 0 Å². The number of rotatable bonds is 3. The van der Waals surface area contributed by atoms with Gasteiger partial charge in [0.1, 0.15) is 0 Å². The average molecular weight is 352 g/mol. The third kappa shape index (κ3) is 3.43. The van der Waals surface area contributed by atoms with E-state index in [2.05, 4.69) is 35.2 Å². The highest BCUT2D eigenvalue weighted by molar-refractivity contribution is 7.98. The first-order chi connectivity index (χ1) is 10.2. The van der Waals surface area contributed by atoms with Crippen molar-refractivity contribution in [2.24, 2.45) is 0 Å². The van der Waals surface area contributed by atoms with Gasteiger partial charge < -0.3 is 0 Å². The average Bonchev–Trinajstić information content (AvgIpc) is 3.00. The molecule has 0 aliphatic rings. The number of hydrogen-bond acceptors (Lipinski definition) is 3. The Labute approximate surface area is 142 Å². The molecule has 0 spiro atoms. The van der Waals surface area contributed by atoms with Crippen LogP contribution in [0.15, 0.2) is 52.1 Å². The highest BCUT2D eigenvalue weighted by atomic mass is 35.5. The van der Waals surface area contributed by atoms with E-state index >= 15 is 0 Å². The second-order valence-corrected chi connectivity index (χ2v) is 6.98. The van der Waals surface area contributed by atoms with Crippen molar-refractivity contribution < 1.29 is 0 Å². The first-order valence-corrected chi connectivity index (χ1v) is 9.13. The summed E-state index contributed by atoms with van der Waals surface area (Å²) in [5, 5.41) is 5.39. The van der Waals surface area contributed by atoms with Crippen LogP contribution in [0, 0.1) is 0 Å². The molecule has 0 aliphatic carbocycles. The Hall–Kier alpha value is -1.00. The van der Waals surface area contributed by atoms with E-state index in [-0.39, 0.29) is 0 Å². The van der Waals surface area contributed by atoms with Crippen molar-refractivity contribution in [1.29, 1.82) is 0 Å². The predicted octanol–water partition coefficient (Wildman–Crippen LogP) is 6.51. The van der Waals surface area contributed by atoms with Gasteiger partial charge in [0.05, 0.1) is 11.4 Å². The van der Waals surface area contributed by atoms with E-state index in [1.165, 1.54) is 0 Å². The molecule has 2 aromatic heterocycles. The highest BCUT2D eigenvalue weighted by Crippen LogP contribution is 2.32. The summed E-state index contributed by atoms with van der Waals surface area (Å²) in [6, 6.07) is 11.7. The summed E-state index contributed by atoms with van der Waals surface area (Å²) in [6.07, 6.45) is 2.06. The number of benzene rings is 1. The van der Waals surface area contributed by atoms with E-state index in [0.717, 1.165) is 27.4 Å². The third-order valence-electron chi connectivity index (χ3n) is 3.01. The third-order valence-corrected chi connectivity index (χ3v) is 4.84. The zero-order chi connectivity index (χ0) is 14.8. The smallest absolute Gasteiger partial charge is 0.0729 e. The number of pyridine rings is 1. The van der Waals surface area contributed by atoms with Gasteiger partial charge in [-0.15, -0.1) is 11.8 Å². The minimum absolute atomic E-state index is 0.617. The molecule has 0 bridgehead atoms. The van der Waals surface area contributed by atoms with E-state index in [1.807, 2.05) is 12.1 Å². The Bertz CT molecular complexity index is 750. The molecule has 3 aromatic rings. The first-order valence-electron chi connectivity index (χ1n) is 6.21. The summed E-state index contributed by atoms with van der Waals surface area (Å²) in [6.45, 7) is 0. The van der Waals surface area contributed by atoms with Gasteiger partial charge in [0.2, 0.25) is 0 Å². The van der Waals surface area contributed by atoms with Crippen LogP contribution in [0.3, 0.4) is 0 Å². The molecule has 0 saturated carbocycles. The lowest BCUT2D eigenvalue weighted by Crippen LogP contribution is -1.89. The van der Waals surface area contributed by atoms with Gasteiger partial charge >= 0.3 is 0 Å². The van der Waals surface area contributed by atoms with Crippen LogP contribution >= 0.6 is 46.3 Å². The standard InChI is InChI=1S/C16H11Cl2NS2/c1-20-14-7-15(10-2-3-21-9-10)19-16(8-14)11-4-12(17)6-13(18)5-11/h2-9H,1H3. The minimum Gasteiger partial charge on any atom is -0.248 e. The molecule has 5 heteroatoms. The molecule has 0 unspecified atom stereocenters. The fourth-order valence-corrected chi connectivity index (χ4v) is 3.67. The summed E-state index contributed by atoms with van der Waals surface area (Å²) in [4.78, 5) is 5.92. The summed E-state index contributed by atoms with van der Waals surface area (Å²) in [7, 11) is 0. The Kier molecular flexibility index (Phi) is 4.55. The Balaban J connectivity index is 2.15. The van der Waals surface area contributed by atoms with Crippen molar-refractivity contribution in [2.75, 3.05) is 6.26 Å². The molecule has 0 saturated heterocycles. The molecule has 0 atom stereocenters. The molecule has 1 aromatic carbocycles. The normalized spacial score (nSPS) is 10.8. The first kappa shape index (κ1) is 14.9. The van der Waals surface area contributed by atoms with Gasteiger partial charge in [-0.1, -0.05) is 23.2 Å². The van der Waals surface area contributed by atoms with E-state index in [4.69, 9.17) is 28.2 Å². The number of thioether (sulfide) groups is 1. The highest BCUT2D eigenvalue weighted by Gasteiger charge is 2.08. The summed E-state index contributed by atoms with van der Waals surface area (Å²) >= 11 is 15.6. The minimum atomic E-state index is 0.617. The topological polar surface area (TPSA) is 12.9 Å². The van der Waals surface area contributed by atoms with Crippen molar-refractivity contribution in [2.45, 2.75) is 4.90 Å². The Morgan fingerprint density at radius 1 is 0.952 bits per heavy atom. The number of aromatic nitrogens is 1. The van der Waals surface area contributed by atoms with Gasteiger partial charge in [-0.2, -0.15) is 11.3 Å². The van der Waals surface area contributed by atoms with Crippen LogP contribution in [0.5, 0.6) is 0 Å². The summed E-state index contributed by atoms with van der Waals surface area (Å²) < 4.78 is 0. The van der Waals surface area contributed by atoms with Gasteiger partial charge in [-0.05, 0) is 48.0 Å². The molecule has 0 aliphatic heterocycles. The van der Waals surface area contributed by atoms with Crippen LogP contribution in [0.4, 0.5) is 0 Å². The van der Waals surface area contributed by atoms with Crippen molar-refractivity contribution in [3.8, 4) is 22.5 Å². The van der Waals surface area contributed by atoms with Crippen molar-refractivity contribution in [3.05, 3.63) is 57.2 Å². The van der Waals surface area contributed by atoms with Crippen LogP contribution < -0.4 is 0 Å². The van der Waals surface area contributed by atoms with E-state index in [0.29, 0.717) is 10.0 Å². The van der Waals surface area contributed by atoms with Gasteiger partial charge in [-0.25, -0.2) is 4.98 Å². The number of nitrogens with zero attached hydrogens (tertiary/aromatic N) is 1. The molecule has 1 nitrogen and oxygen atoms in total. The summed E-state index contributed by atoms with van der Waals surface area (Å²) in [5.41, 5.74) is 3.91. The quantitative estimate of drug-likeness (QED) is 0.499. The van der Waals surface area contributed by atoms with Crippen molar-refractivity contribution in [1.82, 2.24) is 4.98 Å². The SMILES string of the molecule is CSc1cc(-c2ccsc2)nc(-c2cc(Cl)cc(Cl)c2)c1. The van der Waals surface area contributed by atoms with Crippen molar-refractivity contribution >= 4 is 46.3 Å². The summed E-state index contributed by atoms with van der Waals surface area (Å²) in [5.74, 6) is 0. The van der Waals surface area contributed by atoms with E-state index in [9.17, 15) is 0 Å². The van der Waals surface area contributed by atoms with Crippen LogP contribution in [0.25, 0.3) is 22.5 Å². The van der Waals surface area contributed by atoms with Gasteiger partial charge in [0.15, 0.2) is 0 Å². The molecule has 0 fully saturated rings. The molecule has 0 radical (unpaired) electrons. The molecule has 0 amide bonds. The Morgan fingerprint density at radius 2 is 1.62 bits per heavy atom. The molecular formula is C16H11Cl2NS2. The van der Waals surface area contributed by atoms with E-state index < -0.39 is 0 Å². The lowest BCUT2D eigenvalue weighted by atomic mass is 10.1. The molecule has 21 heavy (non-hydrogen) atoms. The van der Waals surface area contributed by atoms with Crippen LogP contribution in [-0.4, -0.2) is 11.2 Å². The molecule has 106 valence electrons. The van der Waals surface area contributed by atoms with Crippen LogP contribution in [0.2, 0.25) is 10.0 Å². The number of thiophene rings is 1. The lowest BCUT2D eigenvalue weighted by molar-refractivity contribution is 1.27. The fourth-order valence-electron chi connectivity index (χ4n) is 2.03. The maximum atomic E-state index is 6.10. The van der Waals surface area contributed by atoms with Crippen molar-refractivity contribution in [3.63, 3.8) is 0 Å². The molecule has 3 rings (SSSR count). The number of hydrogen-bond donors (Lipinski definition) is 0. The lowest BCUT2D eigenvalue weighted by Gasteiger charge is -2.08. The molecular weight excluding hydrogens is 341 g/mol. The maximum absolute atomic E-state index is 6.10. The maximum Gasteiger partial charge on any atom is 0.0729 e. The zero-order valence-electron chi connectivity index (χ0n) is 11.1.